The Hall–Kier alpha value is -3.19. The van der Waals surface area contributed by atoms with Crippen LogP contribution in [0.3, 0.4) is 0 Å². The van der Waals surface area contributed by atoms with E-state index in [1.54, 1.807) is 11.3 Å². The van der Waals surface area contributed by atoms with E-state index >= 15 is 0 Å². The molecule has 1 fully saturated rings. The third-order valence-electron chi connectivity index (χ3n) is 8.02. The molecule has 7 heteroatoms. The number of hydrogen-bond acceptors (Lipinski definition) is 5. The maximum atomic E-state index is 6.80. The van der Waals surface area contributed by atoms with Crippen molar-refractivity contribution in [3.63, 3.8) is 0 Å². The predicted molar refractivity (Wildman–Crippen MR) is 182 cm³/mol. The van der Waals surface area contributed by atoms with Gasteiger partial charge >= 0.3 is 0 Å². The van der Waals surface area contributed by atoms with Crippen molar-refractivity contribution in [3.05, 3.63) is 81.1 Å². The molecule has 42 heavy (non-hydrogen) atoms. The Labute approximate surface area is 259 Å². The van der Waals surface area contributed by atoms with Gasteiger partial charge in [-0.3, -0.25) is 4.98 Å². The molecule has 0 saturated carbocycles. The molecule has 2 aromatic carbocycles. The molecule has 2 aromatic heterocycles. The Kier molecular flexibility index (Phi) is 9.36. The summed E-state index contributed by atoms with van der Waals surface area (Å²) in [7, 11) is 1.94. The highest BCUT2D eigenvalue weighted by Gasteiger charge is 2.27. The number of ether oxygens (including phenoxy) is 1. The van der Waals surface area contributed by atoms with Crippen LogP contribution in [0.4, 0.5) is 0 Å². The smallest absolute Gasteiger partial charge is 0.140 e. The molecule has 0 bridgehead atoms. The molecule has 5 rings (SSSR count). The first kappa shape index (κ1) is 30.3. The average Bonchev–Trinajstić information content (AvgIpc) is 3.16. The van der Waals surface area contributed by atoms with Crippen LogP contribution in [-0.4, -0.2) is 49.1 Å². The Bertz CT molecular complexity index is 1700. The number of pyridine rings is 1. The fourth-order valence-electron chi connectivity index (χ4n) is 6.12. The topological polar surface area (TPSA) is 49.8 Å². The van der Waals surface area contributed by atoms with E-state index in [-0.39, 0.29) is 0 Å². The molecular formula is C35H41ClN4OS. The van der Waals surface area contributed by atoms with Crippen LogP contribution in [0.2, 0.25) is 5.02 Å². The SMILES string of the molecule is C=Cc1c(C)cc2ccc(Cl)c(CC)c2c1-c1nccc2c(/C(=N\C(=C\CC)NC)N3CCOCC(C)C3)c(C)sc12. The van der Waals surface area contributed by atoms with Gasteiger partial charge in [-0.1, -0.05) is 57.2 Å². The first-order chi connectivity index (χ1) is 20.3. The Morgan fingerprint density at radius 2 is 2.10 bits per heavy atom. The van der Waals surface area contributed by atoms with E-state index in [9.17, 15) is 0 Å². The third-order valence-corrected chi connectivity index (χ3v) is 9.50. The minimum absolute atomic E-state index is 0.402. The number of amidine groups is 1. The number of aryl methyl sites for hydroxylation is 3. The van der Waals surface area contributed by atoms with Crippen molar-refractivity contribution >= 4 is 55.7 Å². The lowest BCUT2D eigenvalue weighted by molar-refractivity contribution is 0.127. The number of fused-ring (bicyclic) bond motifs is 2. The number of hydrogen-bond donors (Lipinski definition) is 1. The molecule has 0 amide bonds. The molecule has 3 heterocycles. The van der Waals surface area contributed by atoms with Crippen LogP contribution in [-0.2, 0) is 11.2 Å². The quantitative estimate of drug-likeness (QED) is 0.170. The fraction of sp³-hybridized carbons (Fsp3) is 0.371. The zero-order chi connectivity index (χ0) is 30.0. The molecule has 220 valence electrons. The first-order valence-corrected chi connectivity index (χ1v) is 16.1. The largest absolute Gasteiger partial charge is 0.379 e. The zero-order valence-electron chi connectivity index (χ0n) is 25.6. The Morgan fingerprint density at radius 3 is 2.81 bits per heavy atom. The summed E-state index contributed by atoms with van der Waals surface area (Å²) < 4.78 is 7.08. The van der Waals surface area contributed by atoms with Gasteiger partial charge in [0.2, 0.25) is 0 Å². The molecule has 1 aliphatic rings. The molecule has 1 N–H and O–H groups in total. The van der Waals surface area contributed by atoms with E-state index in [1.807, 2.05) is 25.4 Å². The van der Waals surface area contributed by atoms with Crippen molar-refractivity contribution in [3.8, 4) is 11.3 Å². The molecule has 5 nitrogen and oxygen atoms in total. The molecule has 0 aliphatic carbocycles. The van der Waals surface area contributed by atoms with Gasteiger partial charge in [0.1, 0.15) is 11.7 Å². The predicted octanol–water partition coefficient (Wildman–Crippen LogP) is 8.78. The van der Waals surface area contributed by atoms with E-state index in [4.69, 9.17) is 26.3 Å². The van der Waals surface area contributed by atoms with Gasteiger partial charge in [0.15, 0.2) is 0 Å². The molecule has 1 unspecified atom stereocenters. The number of allylic oxidation sites excluding steroid dienone is 1. The van der Waals surface area contributed by atoms with Gasteiger partial charge < -0.3 is 15.0 Å². The summed E-state index contributed by atoms with van der Waals surface area (Å²) in [5.74, 6) is 2.26. The van der Waals surface area contributed by atoms with E-state index in [2.05, 4.69) is 75.7 Å². The van der Waals surface area contributed by atoms with Crippen LogP contribution in [0.1, 0.15) is 54.3 Å². The lowest BCUT2D eigenvalue weighted by atomic mass is 9.88. The van der Waals surface area contributed by atoms with Crippen molar-refractivity contribution in [2.45, 2.75) is 47.5 Å². The molecule has 1 saturated heterocycles. The second-order valence-corrected chi connectivity index (χ2v) is 12.7. The van der Waals surface area contributed by atoms with E-state index in [1.165, 1.54) is 15.8 Å². The lowest BCUT2D eigenvalue weighted by Gasteiger charge is -2.26. The summed E-state index contributed by atoms with van der Waals surface area (Å²) in [5, 5.41) is 7.59. The van der Waals surface area contributed by atoms with E-state index in [0.717, 1.165) is 92.6 Å². The Morgan fingerprint density at radius 1 is 1.29 bits per heavy atom. The van der Waals surface area contributed by atoms with Crippen molar-refractivity contribution in [1.82, 2.24) is 15.2 Å². The summed E-state index contributed by atoms with van der Waals surface area (Å²) in [6, 6.07) is 8.52. The second-order valence-electron chi connectivity index (χ2n) is 11.0. The number of benzene rings is 2. The zero-order valence-corrected chi connectivity index (χ0v) is 27.2. The molecular weight excluding hydrogens is 560 g/mol. The van der Waals surface area contributed by atoms with Crippen LogP contribution in [0.5, 0.6) is 0 Å². The molecule has 0 spiro atoms. The van der Waals surface area contributed by atoms with Crippen LogP contribution in [0, 0.1) is 19.8 Å². The van der Waals surface area contributed by atoms with E-state index < -0.39 is 0 Å². The highest BCUT2D eigenvalue weighted by atomic mass is 35.5. The van der Waals surface area contributed by atoms with Crippen LogP contribution >= 0.6 is 22.9 Å². The lowest BCUT2D eigenvalue weighted by Crippen LogP contribution is -2.36. The number of aliphatic imine (C=N–C) groups is 1. The molecule has 1 aliphatic heterocycles. The highest BCUT2D eigenvalue weighted by molar-refractivity contribution is 7.20. The summed E-state index contributed by atoms with van der Waals surface area (Å²) in [6.45, 7) is 18.2. The van der Waals surface area contributed by atoms with Crippen molar-refractivity contribution in [2.24, 2.45) is 10.9 Å². The maximum absolute atomic E-state index is 6.80. The number of rotatable bonds is 7. The third kappa shape index (κ3) is 5.60. The van der Waals surface area contributed by atoms with Gasteiger partial charge in [-0.15, -0.1) is 11.3 Å². The molecule has 0 radical (unpaired) electrons. The summed E-state index contributed by atoms with van der Waals surface area (Å²) in [4.78, 5) is 13.9. The van der Waals surface area contributed by atoms with Crippen molar-refractivity contribution in [2.75, 3.05) is 33.4 Å². The number of aromatic nitrogens is 1. The monoisotopic (exact) mass is 600 g/mol. The fourth-order valence-corrected chi connectivity index (χ4v) is 7.55. The van der Waals surface area contributed by atoms with Gasteiger partial charge in [0.25, 0.3) is 0 Å². The van der Waals surface area contributed by atoms with Crippen LogP contribution < -0.4 is 5.32 Å². The van der Waals surface area contributed by atoms with Crippen molar-refractivity contribution < 1.29 is 4.74 Å². The molecule has 1 atom stereocenters. The number of nitrogens with zero attached hydrogens (tertiary/aromatic N) is 3. The average molecular weight is 601 g/mol. The van der Waals surface area contributed by atoms with Crippen LogP contribution in [0.15, 0.2) is 53.9 Å². The highest BCUT2D eigenvalue weighted by Crippen LogP contribution is 2.44. The molecule has 4 aromatic rings. The van der Waals surface area contributed by atoms with Gasteiger partial charge in [-0.2, -0.15) is 0 Å². The van der Waals surface area contributed by atoms with Gasteiger partial charge in [-0.05, 0) is 78.3 Å². The Balaban J connectivity index is 1.84. The van der Waals surface area contributed by atoms with Crippen LogP contribution in [0.25, 0.3) is 38.2 Å². The van der Waals surface area contributed by atoms with Crippen molar-refractivity contribution in [1.29, 1.82) is 0 Å². The van der Waals surface area contributed by atoms with Gasteiger partial charge in [0.05, 0.1) is 23.6 Å². The maximum Gasteiger partial charge on any atom is 0.140 e. The summed E-state index contributed by atoms with van der Waals surface area (Å²) in [5.41, 5.74) is 6.66. The minimum atomic E-state index is 0.402. The number of nitrogens with one attached hydrogen (secondary N) is 1. The van der Waals surface area contributed by atoms with E-state index in [0.29, 0.717) is 12.5 Å². The first-order valence-electron chi connectivity index (χ1n) is 14.9. The standard InChI is InChI=1S/C35H41ClN4OS/c1-8-11-29(37-7)39-35(40-16-17-41-20-21(4)19-40)30-23(6)42-34-27(30)14-15-38-33(34)32-25(9-2)22(5)18-24-12-13-28(36)26(10-3)31(24)32/h9,11-15,18,21,37H,2,8,10,16-17,19-20H2,1,3-7H3/b29-11+,39-35+. The van der Waals surface area contributed by atoms with Gasteiger partial charge in [-0.25, -0.2) is 4.99 Å². The number of thiophene rings is 1. The second kappa shape index (κ2) is 13.0. The normalized spacial score (nSPS) is 16.7. The van der Waals surface area contributed by atoms with Gasteiger partial charge in [0, 0.05) is 52.7 Å². The summed E-state index contributed by atoms with van der Waals surface area (Å²) >= 11 is 8.59. The summed E-state index contributed by atoms with van der Waals surface area (Å²) in [6.07, 6.45) is 7.77. The number of halogens is 1. The minimum Gasteiger partial charge on any atom is -0.379 e.